The van der Waals surface area contributed by atoms with E-state index in [0.29, 0.717) is 17.7 Å². The molecule has 1 aromatic rings. The molecular weight excluding hydrogens is 288 g/mol. The van der Waals surface area contributed by atoms with Crippen LogP contribution in [0.5, 0.6) is 0 Å². The fraction of sp³-hybridized carbons (Fsp3) is 0.400. The number of nitrogens with zero attached hydrogens (tertiary/aromatic N) is 1. The standard InChI is InChI=1S/C15H18N2O3S/c1-3-14(11-16)21(19,20)17-15-10-12(2)7-8-13(15)6-4-5-9-18/h7-8,10,14,17-18H,3,5,9H2,1-2H3. The normalized spacial score (nSPS) is 11.9. The van der Waals surface area contributed by atoms with Gasteiger partial charge in [-0.2, -0.15) is 5.26 Å². The molecule has 0 radical (unpaired) electrons. The lowest BCUT2D eigenvalue weighted by atomic mass is 10.1. The van der Waals surface area contributed by atoms with Crippen molar-refractivity contribution in [3.05, 3.63) is 29.3 Å². The molecule has 0 aromatic heterocycles. The van der Waals surface area contributed by atoms with E-state index in [-0.39, 0.29) is 13.0 Å². The molecule has 2 N–H and O–H groups in total. The molecule has 1 rings (SSSR count). The van der Waals surface area contributed by atoms with E-state index < -0.39 is 15.3 Å². The quantitative estimate of drug-likeness (QED) is 0.811. The maximum Gasteiger partial charge on any atom is 0.249 e. The minimum atomic E-state index is -3.77. The highest BCUT2D eigenvalue weighted by Crippen LogP contribution is 2.20. The lowest BCUT2D eigenvalue weighted by Crippen LogP contribution is -2.26. The maximum atomic E-state index is 12.1. The maximum absolute atomic E-state index is 12.1. The monoisotopic (exact) mass is 306 g/mol. The fourth-order valence-corrected chi connectivity index (χ4v) is 2.86. The van der Waals surface area contributed by atoms with E-state index in [2.05, 4.69) is 16.6 Å². The van der Waals surface area contributed by atoms with E-state index >= 15 is 0 Å². The third-order valence-corrected chi connectivity index (χ3v) is 4.47. The largest absolute Gasteiger partial charge is 0.395 e. The molecule has 0 aliphatic rings. The number of hydrogen-bond donors (Lipinski definition) is 2. The lowest BCUT2D eigenvalue weighted by Gasteiger charge is -2.13. The van der Waals surface area contributed by atoms with Crippen LogP contribution in [-0.4, -0.2) is 25.4 Å². The number of aliphatic hydroxyl groups excluding tert-OH is 1. The SMILES string of the molecule is CCC(C#N)S(=O)(=O)Nc1cc(C)ccc1C#CCCO. The van der Waals surface area contributed by atoms with Crippen molar-refractivity contribution >= 4 is 15.7 Å². The van der Waals surface area contributed by atoms with Crippen molar-refractivity contribution in [1.82, 2.24) is 0 Å². The summed E-state index contributed by atoms with van der Waals surface area (Å²) in [6, 6.07) is 6.99. The van der Waals surface area contributed by atoms with Gasteiger partial charge in [-0.15, -0.1) is 0 Å². The van der Waals surface area contributed by atoms with Gasteiger partial charge in [0.25, 0.3) is 0 Å². The minimum absolute atomic E-state index is 0.0493. The number of aryl methyl sites for hydroxylation is 1. The summed E-state index contributed by atoms with van der Waals surface area (Å²) < 4.78 is 26.7. The van der Waals surface area contributed by atoms with Crippen molar-refractivity contribution in [1.29, 1.82) is 5.26 Å². The van der Waals surface area contributed by atoms with Crippen LogP contribution in [0.2, 0.25) is 0 Å². The summed E-state index contributed by atoms with van der Waals surface area (Å²) in [6.45, 7) is 3.43. The Balaban J connectivity index is 3.16. The summed E-state index contributed by atoms with van der Waals surface area (Å²) in [6.07, 6.45) is 0.527. The Kier molecular flexibility index (Phi) is 6.23. The summed E-state index contributed by atoms with van der Waals surface area (Å²) in [5, 5.41) is 16.5. The third-order valence-electron chi connectivity index (χ3n) is 2.78. The molecule has 21 heavy (non-hydrogen) atoms. The molecule has 0 fully saturated rings. The first kappa shape index (κ1) is 17.0. The number of aliphatic hydroxyl groups is 1. The molecule has 6 heteroatoms. The van der Waals surface area contributed by atoms with Gasteiger partial charge in [-0.1, -0.05) is 24.8 Å². The predicted molar refractivity (Wildman–Crippen MR) is 82.0 cm³/mol. The Morgan fingerprint density at radius 1 is 1.43 bits per heavy atom. The van der Waals surface area contributed by atoms with Crippen LogP contribution < -0.4 is 4.72 Å². The van der Waals surface area contributed by atoms with Gasteiger partial charge in [0.2, 0.25) is 10.0 Å². The molecule has 1 atom stereocenters. The van der Waals surface area contributed by atoms with Crippen LogP contribution in [-0.2, 0) is 10.0 Å². The van der Waals surface area contributed by atoms with Crippen LogP contribution in [0.25, 0.3) is 0 Å². The number of benzene rings is 1. The second-order valence-corrected chi connectivity index (χ2v) is 6.36. The van der Waals surface area contributed by atoms with Crippen molar-refractivity contribution < 1.29 is 13.5 Å². The van der Waals surface area contributed by atoms with Crippen LogP contribution in [0.15, 0.2) is 18.2 Å². The first-order chi connectivity index (χ1) is 9.94. The number of hydrogen-bond acceptors (Lipinski definition) is 4. The lowest BCUT2D eigenvalue weighted by molar-refractivity contribution is 0.305. The zero-order valence-electron chi connectivity index (χ0n) is 12.0. The minimum Gasteiger partial charge on any atom is -0.395 e. The van der Waals surface area contributed by atoms with E-state index in [9.17, 15) is 8.42 Å². The molecule has 0 saturated heterocycles. The number of anilines is 1. The van der Waals surface area contributed by atoms with E-state index in [1.54, 1.807) is 25.1 Å². The smallest absolute Gasteiger partial charge is 0.249 e. The van der Waals surface area contributed by atoms with Crippen LogP contribution in [0.1, 0.15) is 30.9 Å². The molecule has 1 aromatic carbocycles. The number of sulfonamides is 1. The highest BCUT2D eigenvalue weighted by Gasteiger charge is 2.24. The zero-order chi connectivity index (χ0) is 15.9. The van der Waals surface area contributed by atoms with Gasteiger partial charge in [-0.3, -0.25) is 4.72 Å². The Morgan fingerprint density at radius 2 is 2.14 bits per heavy atom. The second-order valence-electron chi connectivity index (χ2n) is 4.50. The van der Waals surface area contributed by atoms with Gasteiger partial charge in [0.05, 0.1) is 18.4 Å². The molecule has 0 aliphatic heterocycles. The van der Waals surface area contributed by atoms with Crippen molar-refractivity contribution in [3.63, 3.8) is 0 Å². The van der Waals surface area contributed by atoms with Gasteiger partial charge in [0.15, 0.2) is 5.25 Å². The molecule has 5 nitrogen and oxygen atoms in total. The molecule has 0 heterocycles. The number of rotatable bonds is 5. The molecule has 0 aliphatic carbocycles. The van der Waals surface area contributed by atoms with Gasteiger partial charge in [0.1, 0.15) is 0 Å². The van der Waals surface area contributed by atoms with Gasteiger partial charge in [-0.05, 0) is 31.0 Å². The highest BCUT2D eigenvalue weighted by atomic mass is 32.2. The number of nitriles is 1. The van der Waals surface area contributed by atoms with Gasteiger partial charge < -0.3 is 5.11 Å². The van der Waals surface area contributed by atoms with E-state index in [0.717, 1.165) is 5.56 Å². The Labute approximate surface area is 125 Å². The third kappa shape index (κ3) is 4.78. The fourth-order valence-electron chi connectivity index (χ4n) is 1.67. The Bertz CT molecular complexity index is 694. The molecule has 0 spiro atoms. The van der Waals surface area contributed by atoms with Crippen molar-refractivity contribution in [2.75, 3.05) is 11.3 Å². The first-order valence-electron chi connectivity index (χ1n) is 6.56. The van der Waals surface area contributed by atoms with Crippen molar-refractivity contribution in [2.24, 2.45) is 0 Å². The molecule has 0 saturated carbocycles. The molecule has 1 unspecified atom stereocenters. The first-order valence-corrected chi connectivity index (χ1v) is 8.10. The van der Waals surface area contributed by atoms with Gasteiger partial charge >= 0.3 is 0 Å². The second kappa shape index (κ2) is 7.68. The summed E-state index contributed by atoms with van der Waals surface area (Å²) >= 11 is 0. The van der Waals surface area contributed by atoms with Crippen LogP contribution in [0.4, 0.5) is 5.69 Å². The summed E-state index contributed by atoms with van der Waals surface area (Å²) in [5.74, 6) is 5.57. The Morgan fingerprint density at radius 3 is 2.71 bits per heavy atom. The Hall–Kier alpha value is -2.02. The topological polar surface area (TPSA) is 90.2 Å². The number of nitrogens with one attached hydrogen (secondary N) is 1. The highest BCUT2D eigenvalue weighted by molar-refractivity contribution is 7.93. The predicted octanol–water partition coefficient (Wildman–Crippen LogP) is 1.77. The average molecular weight is 306 g/mol. The van der Waals surface area contributed by atoms with E-state index in [4.69, 9.17) is 10.4 Å². The van der Waals surface area contributed by atoms with Crippen molar-refractivity contribution in [3.8, 4) is 17.9 Å². The van der Waals surface area contributed by atoms with Crippen LogP contribution in [0, 0.1) is 30.1 Å². The van der Waals surface area contributed by atoms with Gasteiger partial charge in [0, 0.05) is 12.0 Å². The van der Waals surface area contributed by atoms with E-state index in [1.807, 2.05) is 13.0 Å². The van der Waals surface area contributed by atoms with Crippen LogP contribution >= 0.6 is 0 Å². The van der Waals surface area contributed by atoms with Crippen molar-refractivity contribution in [2.45, 2.75) is 31.9 Å². The molecule has 112 valence electrons. The van der Waals surface area contributed by atoms with Gasteiger partial charge in [-0.25, -0.2) is 8.42 Å². The van der Waals surface area contributed by atoms with E-state index in [1.165, 1.54) is 0 Å². The summed E-state index contributed by atoms with van der Waals surface area (Å²) in [5.41, 5.74) is 1.75. The molecular formula is C15H18N2O3S. The average Bonchev–Trinajstić information content (AvgIpc) is 2.42. The zero-order valence-corrected chi connectivity index (χ0v) is 12.9. The summed E-state index contributed by atoms with van der Waals surface area (Å²) in [7, 11) is -3.77. The molecule has 0 bridgehead atoms. The molecule has 0 amide bonds. The summed E-state index contributed by atoms with van der Waals surface area (Å²) in [4.78, 5) is 0. The van der Waals surface area contributed by atoms with Crippen LogP contribution in [0.3, 0.4) is 0 Å².